The highest BCUT2D eigenvalue weighted by Crippen LogP contribution is 2.27. The molecule has 2 unspecified atom stereocenters. The first kappa shape index (κ1) is 51.4. The van der Waals surface area contributed by atoms with Gasteiger partial charge < -0.3 is 10.0 Å². The van der Waals surface area contributed by atoms with Crippen LogP contribution in [0.2, 0.25) is 0 Å². The molecule has 0 bridgehead atoms. The zero-order valence-electron chi connectivity index (χ0n) is 37.6. The molecule has 1 saturated heterocycles. The molecule has 1 rings (SSSR count). The van der Waals surface area contributed by atoms with E-state index < -0.39 is 0 Å². The second kappa shape index (κ2) is 40.6. The predicted octanol–water partition coefficient (Wildman–Crippen LogP) is 17.3. The number of nitrogens with zero attached hydrogens (tertiary/aromatic N) is 1. The van der Waals surface area contributed by atoms with Crippen LogP contribution in [0.5, 0.6) is 0 Å². The van der Waals surface area contributed by atoms with Crippen LogP contribution in [-0.4, -0.2) is 36.2 Å². The third-order valence-electron chi connectivity index (χ3n) is 13.1. The molecule has 1 aliphatic heterocycles. The van der Waals surface area contributed by atoms with Gasteiger partial charge in [-0.15, -0.1) is 0 Å². The number of allylic oxidation sites excluding steroid dienone is 2. The number of rotatable bonds is 11. The summed E-state index contributed by atoms with van der Waals surface area (Å²) in [7, 11) is 0. The summed E-state index contributed by atoms with van der Waals surface area (Å²) in [5.74, 6) is 1.86. The molecule has 54 heavy (non-hydrogen) atoms. The molecule has 0 spiro atoms. The molecule has 0 amide bonds. The number of hydrogen-bond acceptors (Lipinski definition) is 2. The van der Waals surface area contributed by atoms with Gasteiger partial charge in [0.25, 0.3) is 0 Å². The van der Waals surface area contributed by atoms with Crippen molar-refractivity contribution in [1.82, 2.24) is 4.90 Å². The van der Waals surface area contributed by atoms with E-state index in [-0.39, 0.29) is 0 Å². The lowest BCUT2D eigenvalue weighted by atomic mass is 9.88. The Bertz CT molecular complexity index is 789. The molecule has 0 aromatic carbocycles. The van der Waals surface area contributed by atoms with Crippen molar-refractivity contribution in [2.75, 3.05) is 26.2 Å². The Hall–Kier alpha value is -0.600. The van der Waals surface area contributed by atoms with Crippen LogP contribution in [0.3, 0.4) is 0 Å². The number of hydrogen-bond donors (Lipinski definition) is 1. The molecule has 1 fully saturated rings. The van der Waals surface area contributed by atoms with Crippen LogP contribution in [0.4, 0.5) is 0 Å². The van der Waals surface area contributed by atoms with Crippen molar-refractivity contribution in [1.29, 1.82) is 0 Å². The van der Waals surface area contributed by atoms with E-state index in [4.69, 9.17) is 0 Å². The van der Waals surface area contributed by atoms with Gasteiger partial charge in [0.2, 0.25) is 0 Å². The van der Waals surface area contributed by atoms with Crippen molar-refractivity contribution < 1.29 is 5.11 Å². The van der Waals surface area contributed by atoms with E-state index in [0.717, 1.165) is 24.7 Å². The second-order valence-corrected chi connectivity index (χ2v) is 18.6. The number of unbranched alkanes of at least 4 members (excludes halogenated alkanes) is 6. The summed E-state index contributed by atoms with van der Waals surface area (Å²) in [5, 5.41) is 9.33. The first-order valence-electron chi connectivity index (χ1n) is 25.2. The van der Waals surface area contributed by atoms with Crippen molar-refractivity contribution in [3.8, 4) is 0 Å². The lowest BCUT2D eigenvalue weighted by Gasteiger charge is -2.22. The molecule has 2 nitrogen and oxygen atoms in total. The zero-order chi connectivity index (χ0) is 39.0. The summed E-state index contributed by atoms with van der Waals surface area (Å²) < 4.78 is 0. The first-order chi connectivity index (χ1) is 26.5. The van der Waals surface area contributed by atoms with Gasteiger partial charge in [-0.1, -0.05) is 218 Å². The van der Waals surface area contributed by atoms with Gasteiger partial charge in [-0.25, -0.2) is 0 Å². The van der Waals surface area contributed by atoms with Crippen molar-refractivity contribution >= 4 is 0 Å². The van der Waals surface area contributed by atoms with Gasteiger partial charge in [-0.3, -0.25) is 0 Å². The number of aliphatic hydroxyl groups excluding tert-OH is 1. The Morgan fingerprint density at radius 3 is 1.41 bits per heavy atom. The van der Waals surface area contributed by atoms with Gasteiger partial charge in [0.15, 0.2) is 0 Å². The molecule has 0 aromatic rings. The maximum atomic E-state index is 9.33. The summed E-state index contributed by atoms with van der Waals surface area (Å²) in [5.41, 5.74) is 3.04. The van der Waals surface area contributed by atoms with Crippen molar-refractivity contribution in [2.45, 2.75) is 271 Å². The van der Waals surface area contributed by atoms with Crippen LogP contribution in [0, 0.1) is 11.8 Å². The molecule has 1 heterocycles. The van der Waals surface area contributed by atoms with Gasteiger partial charge in [0, 0.05) is 6.61 Å². The molecule has 1 aliphatic rings. The highest BCUT2D eigenvalue weighted by molar-refractivity contribution is 4.94. The lowest BCUT2D eigenvalue weighted by molar-refractivity contribution is 0.234. The minimum absolute atomic E-state index is 0.337. The predicted molar refractivity (Wildman–Crippen MR) is 245 cm³/mol. The van der Waals surface area contributed by atoms with Gasteiger partial charge in [-0.05, 0) is 109 Å². The first-order valence-corrected chi connectivity index (χ1v) is 25.2. The van der Waals surface area contributed by atoms with E-state index in [1.54, 1.807) is 0 Å². The van der Waals surface area contributed by atoms with Crippen LogP contribution in [-0.2, 0) is 0 Å². The average molecular weight is 756 g/mol. The second-order valence-electron chi connectivity index (χ2n) is 18.6. The van der Waals surface area contributed by atoms with E-state index in [1.807, 2.05) is 0 Å². The molecule has 0 radical (unpaired) electrons. The average Bonchev–Trinajstić information content (AvgIpc) is 3.16. The molecular weight excluding hydrogens is 655 g/mol. The topological polar surface area (TPSA) is 23.5 Å². The molecule has 0 aromatic heterocycles. The van der Waals surface area contributed by atoms with E-state index in [0.29, 0.717) is 6.61 Å². The van der Waals surface area contributed by atoms with E-state index in [2.05, 4.69) is 31.9 Å². The zero-order valence-corrected chi connectivity index (χ0v) is 37.6. The Morgan fingerprint density at radius 1 is 0.463 bits per heavy atom. The van der Waals surface area contributed by atoms with Gasteiger partial charge >= 0.3 is 0 Å². The Balaban J connectivity index is 2.50. The van der Waals surface area contributed by atoms with Crippen molar-refractivity contribution in [2.24, 2.45) is 11.8 Å². The fourth-order valence-electron chi connectivity index (χ4n) is 9.10. The fraction of sp³-hybridized carbons (Fsp3) is 0.923. The van der Waals surface area contributed by atoms with Crippen LogP contribution in [0.1, 0.15) is 271 Å². The highest BCUT2D eigenvalue weighted by Gasteiger charge is 2.11. The fourth-order valence-corrected chi connectivity index (χ4v) is 9.10. The summed E-state index contributed by atoms with van der Waals surface area (Å²) in [6.07, 6.45) is 55.2. The molecule has 0 saturated carbocycles. The summed E-state index contributed by atoms with van der Waals surface area (Å²) in [4.78, 5) is 2.71. The monoisotopic (exact) mass is 756 g/mol. The largest absolute Gasteiger partial charge is 0.396 e. The minimum atomic E-state index is 0.337. The highest BCUT2D eigenvalue weighted by atomic mass is 16.2. The maximum absolute atomic E-state index is 9.33. The smallest absolute Gasteiger partial charge is 0.0431 e. The Kier molecular flexibility index (Phi) is 38.7. The van der Waals surface area contributed by atoms with Crippen LogP contribution in [0.25, 0.3) is 0 Å². The van der Waals surface area contributed by atoms with Crippen molar-refractivity contribution in [3.05, 3.63) is 24.3 Å². The quantitative estimate of drug-likeness (QED) is 0.168. The lowest BCUT2D eigenvalue weighted by Crippen LogP contribution is -2.27. The molecule has 320 valence electrons. The van der Waals surface area contributed by atoms with Gasteiger partial charge in [-0.2, -0.15) is 0 Å². The van der Waals surface area contributed by atoms with Crippen LogP contribution >= 0.6 is 0 Å². The third-order valence-corrected chi connectivity index (χ3v) is 13.1. The number of aliphatic hydroxyl groups is 1. The standard InChI is InChI=1S/C52H101NO/c1-5-6-7-8-21-30-41-52-42-31-22-13-12-18-27-38-49(2)36-25-16-10-9-11-17-26-37-50(3)39-28-19-14-23-32-45-53(47-34-35-48-54)46-33-24-15-20-29-40-51(4)43-44-52/h49,52,54H,3-48H2,1-2H3. The minimum Gasteiger partial charge on any atom is -0.396 e. The normalized spacial score (nSPS) is 23.7. The van der Waals surface area contributed by atoms with Crippen molar-refractivity contribution in [3.63, 3.8) is 0 Å². The Morgan fingerprint density at radius 2 is 0.889 bits per heavy atom. The molecule has 1 N–H and O–H groups in total. The Labute approximate surface area is 342 Å². The molecule has 2 heteroatoms. The SMILES string of the molecule is C=C1CCCCCCCCCC(C)CCCCCCCCC(CCCCCCCC)CCC(=C)CCCCCCCN(CCCCO)CCCCCCC1. The molecule has 2 atom stereocenters. The van der Waals surface area contributed by atoms with E-state index >= 15 is 0 Å². The van der Waals surface area contributed by atoms with E-state index in [9.17, 15) is 5.11 Å². The van der Waals surface area contributed by atoms with E-state index in [1.165, 1.54) is 275 Å². The third kappa shape index (κ3) is 35.8. The van der Waals surface area contributed by atoms with Gasteiger partial charge in [0.05, 0.1) is 0 Å². The summed E-state index contributed by atoms with van der Waals surface area (Å²) >= 11 is 0. The summed E-state index contributed by atoms with van der Waals surface area (Å²) in [6.45, 7) is 17.8. The van der Waals surface area contributed by atoms with Crippen LogP contribution in [0.15, 0.2) is 24.3 Å². The molecular formula is C52H101NO. The van der Waals surface area contributed by atoms with Gasteiger partial charge in [0.1, 0.15) is 0 Å². The summed E-state index contributed by atoms with van der Waals surface area (Å²) in [6, 6.07) is 0. The molecule has 0 aliphatic carbocycles. The maximum Gasteiger partial charge on any atom is 0.0431 e. The van der Waals surface area contributed by atoms with Crippen LogP contribution < -0.4 is 0 Å².